The largest absolute Gasteiger partial charge is 0.281 e. The van der Waals surface area contributed by atoms with E-state index in [-0.39, 0.29) is 11.8 Å². The average molecular weight is 477 g/mol. The molecule has 0 unspecified atom stereocenters. The fraction of sp³-hybridized carbons (Fsp3) is 0.188. The van der Waals surface area contributed by atoms with Gasteiger partial charge in [0.1, 0.15) is 0 Å². The van der Waals surface area contributed by atoms with Gasteiger partial charge >= 0.3 is 0 Å². The molecule has 4 aromatic rings. The van der Waals surface area contributed by atoms with E-state index in [9.17, 15) is 9.59 Å². The van der Waals surface area contributed by atoms with Gasteiger partial charge in [-0.25, -0.2) is 0 Å². The van der Waals surface area contributed by atoms with Crippen molar-refractivity contribution in [3.05, 3.63) is 121 Å². The lowest BCUT2D eigenvalue weighted by Gasteiger charge is -2.23. The molecule has 4 aromatic carbocycles. The number of amides is 2. The van der Waals surface area contributed by atoms with E-state index in [1.54, 1.807) is 9.80 Å². The third-order valence-corrected chi connectivity index (χ3v) is 6.09. The maximum Gasteiger partial charge on any atom is 0.231 e. The molecule has 4 nitrogen and oxygen atoms in total. The van der Waals surface area contributed by atoms with E-state index in [1.165, 1.54) is 0 Å². The quantitative estimate of drug-likeness (QED) is 0.205. The van der Waals surface area contributed by atoms with Gasteiger partial charge in [-0.1, -0.05) is 85.6 Å². The number of carbonyl (C=O) groups is 2. The third kappa shape index (κ3) is 6.70. The Balaban J connectivity index is 1.28. The summed E-state index contributed by atoms with van der Waals surface area (Å²) < 4.78 is 0. The summed E-state index contributed by atoms with van der Waals surface area (Å²) in [6.07, 6.45) is 4.35. The highest BCUT2D eigenvalue weighted by atomic mass is 16.2. The lowest BCUT2D eigenvalue weighted by atomic mass is 10.1. The van der Waals surface area contributed by atoms with Crippen LogP contribution in [0.15, 0.2) is 121 Å². The number of nitrogens with zero attached hydrogens (tertiary/aromatic N) is 2. The molecule has 0 aliphatic carbocycles. The summed E-state index contributed by atoms with van der Waals surface area (Å²) in [5.41, 5.74) is 3.50. The van der Waals surface area contributed by atoms with Crippen molar-refractivity contribution in [1.29, 1.82) is 0 Å². The van der Waals surface area contributed by atoms with Crippen LogP contribution in [0, 0.1) is 0 Å². The summed E-state index contributed by atoms with van der Waals surface area (Å²) >= 11 is 0. The number of unbranched alkanes of at least 4 members (excludes halogenated alkanes) is 3. The first-order chi connectivity index (χ1) is 17.7. The minimum atomic E-state index is 0.0859. The molecule has 36 heavy (non-hydrogen) atoms. The second kappa shape index (κ2) is 13.1. The summed E-state index contributed by atoms with van der Waals surface area (Å²) in [6.45, 7) is 0. The second-order valence-electron chi connectivity index (χ2n) is 8.71. The van der Waals surface area contributed by atoms with Crippen molar-refractivity contribution in [1.82, 2.24) is 0 Å². The predicted octanol–water partition coefficient (Wildman–Crippen LogP) is 8.06. The van der Waals surface area contributed by atoms with Crippen LogP contribution in [-0.2, 0) is 9.59 Å². The minimum absolute atomic E-state index is 0.0859. The monoisotopic (exact) mass is 476 g/mol. The maximum atomic E-state index is 13.2. The fourth-order valence-electron chi connectivity index (χ4n) is 4.31. The number of rotatable bonds is 11. The lowest BCUT2D eigenvalue weighted by molar-refractivity contribution is -0.119. The van der Waals surface area contributed by atoms with Crippen molar-refractivity contribution < 1.29 is 9.59 Å². The molecule has 0 N–H and O–H groups in total. The Bertz CT molecular complexity index is 1030. The number of hydrogen-bond acceptors (Lipinski definition) is 2. The van der Waals surface area contributed by atoms with Crippen molar-refractivity contribution in [2.24, 2.45) is 0 Å². The number of hydrogen-bond donors (Lipinski definition) is 0. The molecule has 0 aliphatic heterocycles. The average Bonchev–Trinajstić information content (AvgIpc) is 2.93. The van der Waals surface area contributed by atoms with E-state index in [0.29, 0.717) is 12.8 Å². The van der Waals surface area contributed by atoms with E-state index >= 15 is 0 Å². The highest BCUT2D eigenvalue weighted by Crippen LogP contribution is 2.28. The van der Waals surface area contributed by atoms with Crippen molar-refractivity contribution in [3.63, 3.8) is 0 Å². The fourth-order valence-corrected chi connectivity index (χ4v) is 4.31. The molecule has 0 saturated carbocycles. The normalized spacial score (nSPS) is 10.6. The summed E-state index contributed by atoms with van der Waals surface area (Å²) in [5, 5.41) is 0. The van der Waals surface area contributed by atoms with Crippen molar-refractivity contribution >= 4 is 34.6 Å². The molecule has 0 aromatic heterocycles. The highest BCUT2D eigenvalue weighted by Gasteiger charge is 2.18. The Kier molecular flexibility index (Phi) is 9.04. The molecular weight excluding hydrogens is 444 g/mol. The molecule has 0 aliphatic rings. The predicted molar refractivity (Wildman–Crippen MR) is 148 cm³/mol. The van der Waals surface area contributed by atoms with Crippen molar-refractivity contribution in [2.45, 2.75) is 38.5 Å². The highest BCUT2D eigenvalue weighted by molar-refractivity contribution is 6.01. The van der Waals surface area contributed by atoms with Gasteiger partial charge in [-0.3, -0.25) is 19.4 Å². The SMILES string of the molecule is O=C(CCCCCCC(=O)N(c1ccccc1)c1ccccc1)N(c1ccccc1)c1ccccc1. The molecule has 2 amide bonds. The Morgan fingerprint density at radius 1 is 0.389 bits per heavy atom. The first kappa shape index (κ1) is 24.9. The maximum absolute atomic E-state index is 13.2. The van der Waals surface area contributed by atoms with Crippen LogP contribution in [0.2, 0.25) is 0 Å². The van der Waals surface area contributed by atoms with Crippen LogP contribution in [-0.4, -0.2) is 11.8 Å². The van der Waals surface area contributed by atoms with E-state index < -0.39 is 0 Å². The van der Waals surface area contributed by atoms with Crippen LogP contribution in [0.3, 0.4) is 0 Å². The van der Waals surface area contributed by atoms with Crippen LogP contribution in [0.4, 0.5) is 22.7 Å². The van der Waals surface area contributed by atoms with Gasteiger partial charge in [0.25, 0.3) is 0 Å². The second-order valence-corrected chi connectivity index (χ2v) is 8.71. The number of benzene rings is 4. The Hall–Kier alpha value is -4.18. The van der Waals surface area contributed by atoms with Gasteiger partial charge in [-0.05, 0) is 61.4 Å². The van der Waals surface area contributed by atoms with Gasteiger partial charge in [0.15, 0.2) is 0 Å². The van der Waals surface area contributed by atoms with Gasteiger partial charge in [0, 0.05) is 35.6 Å². The molecule has 0 bridgehead atoms. The Labute approximate surface area is 213 Å². The van der Waals surface area contributed by atoms with Gasteiger partial charge in [0.05, 0.1) is 0 Å². The first-order valence-corrected chi connectivity index (χ1v) is 12.6. The molecular formula is C32H32N2O2. The first-order valence-electron chi connectivity index (χ1n) is 12.6. The summed E-state index contributed by atoms with van der Waals surface area (Å²) in [7, 11) is 0. The van der Waals surface area contributed by atoms with Gasteiger partial charge < -0.3 is 0 Å². The molecule has 0 atom stereocenters. The summed E-state index contributed by atoms with van der Waals surface area (Å²) in [5.74, 6) is 0.172. The zero-order chi connectivity index (χ0) is 25.0. The van der Waals surface area contributed by atoms with Gasteiger partial charge in [0.2, 0.25) is 11.8 Å². The summed E-state index contributed by atoms with van der Waals surface area (Å²) in [4.78, 5) is 29.9. The van der Waals surface area contributed by atoms with Crippen molar-refractivity contribution in [3.8, 4) is 0 Å². The van der Waals surface area contributed by atoms with Crippen LogP contribution < -0.4 is 9.80 Å². The standard InChI is InChI=1S/C32H32N2O2/c35-31(33(27-17-7-3-8-18-27)28-19-9-4-10-20-28)25-15-1-2-16-26-32(36)34(29-21-11-5-12-22-29)30-23-13-6-14-24-30/h3-14,17-24H,1-2,15-16,25-26H2. The molecule has 0 spiro atoms. The number of para-hydroxylation sites is 4. The van der Waals surface area contributed by atoms with E-state index in [0.717, 1.165) is 48.4 Å². The topological polar surface area (TPSA) is 40.6 Å². The molecule has 0 fully saturated rings. The minimum Gasteiger partial charge on any atom is -0.281 e. The molecule has 0 radical (unpaired) electrons. The molecule has 4 rings (SSSR count). The van der Waals surface area contributed by atoms with Crippen molar-refractivity contribution in [2.75, 3.05) is 9.80 Å². The number of anilines is 4. The smallest absolute Gasteiger partial charge is 0.231 e. The van der Waals surface area contributed by atoms with E-state index in [1.807, 2.05) is 121 Å². The third-order valence-electron chi connectivity index (χ3n) is 6.09. The molecule has 182 valence electrons. The molecule has 4 heteroatoms. The van der Waals surface area contributed by atoms with Crippen LogP contribution in [0.5, 0.6) is 0 Å². The van der Waals surface area contributed by atoms with E-state index in [4.69, 9.17) is 0 Å². The zero-order valence-corrected chi connectivity index (χ0v) is 20.5. The van der Waals surface area contributed by atoms with Crippen LogP contribution in [0.1, 0.15) is 38.5 Å². The summed E-state index contributed by atoms with van der Waals surface area (Å²) in [6, 6.07) is 39.1. The Morgan fingerprint density at radius 3 is 0.889 bits per heavy atom. The lowest BCUT2D eigenvalue weighted by Crippen LogP contribution is -2.25. The molecule has 0 heterocycles. The number of carbonyl (C=O) groups excluding carboxylic acids is 2. The zero-order valence-electron chi connectivity index (χ0n) is 20.5. The van der Waals surface area contributed by atoms with Crippen LogP contribution >= 0.6 is 0 Å². The van der Waals surface area contributed by atoms with Gasteiger partial charge in [-0.15, -0.1) is 0 Å². The molecule has 0 saturated heterocycles. The van der Waals surface area contributed by atoms with Crippen LogP contribution in [0.25, 0.3) is 0 Å². The Morgan fingerprint density at radius 2 is 0.639 bits per heavy atom. The van der Waals surface area contributed by atoms with Gasteiger partial charge in [-0.2, -0.15) is 0 Å². The van der Waals surface area contributed by atoms with E-state index in [2.05, 4.69) is 0 Å².